The topological polar surface area (TPSA) is 35.2 Å². The third kappa shape index (κ3) is 3.99. The van der Waals surface area contributed by atoms with Crippen molar-refractivity contribution in [2.24, 2.45) is 11.7 Å². The van der Waals surface area contributed by atoms with Crippen LogP contribution in [0, 0.1) is 5.92 Å². The molecule has 0 saturated carbocycles. The van der Waals surface area contributed by atoms with Crippen LogP contribution in [0.15, 0.2) is 22.7 Å². The molecule has 3 heteroatoms. The highest BCUT2D eigenvalue weighted by Crippen LogP contribution is 2.31. The fraction of sp³-hybridized carbons (Fsp3) is 0.600. The van der Waals surface area contributed by atoms with E-state index in [-0.39, 0.29) is 6.04 Å². The Morgan fingerprint density at radius 2 is 1.89 bits per heavy atom. The van der Waals surface area contributed by atoms with Crippen molar-refractivity contribution in [2.45, 2.75) is 46.1 Å². The Morgan fingerprint density at radius 3 is 2.39 bits per heavy atom. The lowest BCUT2D eigenvalue weighted by molar-refractivity contribution is 0.315. The molecule has 1 unspecified atom stereocenters. The third-order valence-electron chi connectivity index (χ3n) is 3.36. The van der Waals surface area contributed by atoms with Crippen LogP contribution in [-0.2, 0) is 0 Å². The first-order valence-corrected chi connectivity index (χ1v) is 7.61. The Balaban J connectivity index is 2.82. The standard InChI is InChI=1S/C15H24BrNO/c1-4-9-18-14-8-7-12(10-13(14)16)15(17)11(5-2)6-3/h7-8,10-11,15H,4-6,9,17H2,1-3H3. The van der Waals surface area contributed by atoms with Crippen LogP contribution in [0.3, 0.4) is 0 Å². The van der Waals surface area contributed by atoms with Crippen molar-refractivity contribution in [3.05, 3.63) is 28.2 Å². The van der Waals surface area contributed by atoms with Gasteiger partial charge in [-0.15, -0.1) is 0 Å². The summed E-state index contributed by atoms with van der Waals surface area (Å²) in [5.41, 5.74) is 7.50. The van der Waals surface area contributed by atoms with Crippen molar-refractivity contribution in [3.63, 3.8) is 0 Å². The fourth-order valence-corrected chi connectivity index (χ4v) is 2.63. The molecule has 0 aliphatic heterocycles. The summed E-state index contributed by atoms with van der Waals surface area (Å²) in [6.07, 6.45) is 3.24. The molecule has 2 N–H and O–H groups in total. The first kappa shape index (κ1) is 15.5. The van der Waals surface area contributed by atoms with E-state index >= 15 is 0 Å². The van der Waals surface area contributed by atoms with Gasteiger partial charge < -0.3 is 10.5 Å². The van der Waals surface area contributed by atoms with E-state index in [1.54, 1.807) is 0 Å². The van der Waals surface area contributed by atoms with Crippen LogP contribution in [0.25, 0.3) is 0 Å². The molecule has 0 aliphatic carbocycles. The van der Waals surface area contributed by atoms with Crippen molar-refractivity contribution in [1.29, 1.82) is 0 Å². The molecule has 102 valence electrons. The van der Waals surface area contributed by atoms with Gasteiger partial charge in [-0.25, -0.2) is 0 Å². The van der Waals surface area contributed by atoms with E-state index in [0.29, 0.717) is 5.92 Å². The van der Waals surface area contributed by atoms with E-state index < -0.39 is 0 Å². The van der Waals surface area contributed by atoms with Crippen LogP contribution < -0.4 is 10.5 Å². The summed E-state index contributed by atoms with van der Waals surface area (Å²) in [5.74, 6) is 1.44. The second-order valence-electron chi connectivity index (χ2n) is 4.64. The highest BCUT2D eigenvalue weighted by molar-refractivity contribution is 9.10. The van der Waals surface area contributed by atoms with Crippen LogP contribution in [0.2, 0.25) is 0 Å². The van der Waals surface area contributed by atoms with Gasteiger partial charge in [-0.3, -0.25) is 0 Å². The smallest absolute Gasteiger partial charge is 0.133 e. The molecule has 0 radical (unpaired) electrons. The maximum atomic E-state index is 6.32. The number of rotatable bonds is 7. The van der Waals surface area contributed by atoms with Gasteiger partial charge in [0.2, 0.25) is 0 Å². The largest absolute Gasteiger partial charge is 0.492 e. The van der Waals surface area contributed by atoms with Gasteiger partial charge in [-0.05, 0) is 46.0 Å². The van der Waals surface area contributed by atoms with Gasteiger partial charge in [0.05, 0.1) is 11.1 Å². The van der Waals surface area contributed by atoms with Gasteiger partial charge in [0.15, 0.2) is 0 Å². The molecule has 2 nitrogen and oxygen atoms in total. The van der Waals surface area contributed by atoms with Gasteiger partial charge in [-0.1, -0.05) is 39.7 Å². The zero-order valence-corrected chi connectivity index (χ0v) is 13.2. The van der Waals surface area contributed by atoms with Crippen molar-refractivity contribution in [2.75, 3.05) is 6.61 Å². The zero-order chi connectivity index (χ0) is 13.5. The van der Waals surface area contributed by atoms with E-state index in [2.05, 4.69) is 48.8 Å². The first-order valence-electron chi connectivity index (χ1n) is 6.81. The number of benzene rings is 1. The van der Waals surface area contributed by atoms with Gasteiger partial charge >= 0.3 is 0 Å². The van der Waals surface area contributed by atoms with Gasteiger partial charge in [-0.2, -0.15) is 0 Å². The summed E-state index contributed by atoms with van der Waals surface area (Å²) >= 11 is 3.56. The lowest BCUT2D eigenvalue weighted by Crippen LogP contribution is -2.20. The molecule has 1 rings (SSSR count). The quantitative estimate of drug-likeness (QED) is 0.793. The van der Waals surface area contributed by atoms with Crippen molar-refractivity contribution in [1.82, 2.24) is 0 Å². The molecule has 0 fully saturated rings. The minimum absolute atomic E-state index is 0.108. The molecule has 0 bridgehead atoms. The Morgan fingerprint density at radius 1 is 1.22 bits per heavy atom. The number of nitrogens with two attached hydrogens (primary N) is 1. The summed E-state index contributed by atoms with van der Waals surface area (Å²) in [5, 5.41) is 0. The molecule has 0 aliphatic rings. The number of ether oxygens (including phenoxy) is 1. The molecule has 0 aromatic heterocycles. The minimum Gasteiger partial charge on any atom is -0.492 e. The van der Waals surface area contributed by atoms with E-state index in [4.69, 9.17) is 10.5 Å². The normalized spacial score (nSPS) is 12.8. The van der Waals surface area contributed by atoms with Crippen molar-refractivity contribution >= 4 is 15.9 Å². The lowest BCUT2D eigenvalue weighted by Gasteiger charge is -2.22. The Bertz CT molecular complexity index is 364. The highest BCUT2D eigenvalue weighted by atomic mass is 79.9. The minimum atomic E-state index is 0.108. The van der Waals surface area contributed by atoms with E-state index in [9.17, 15) is 0 Å². The molecule has 0 amide bonds. The van der Waals surface area contributed by atoms with Crippen LogP contribution >= 0.6 is 15.9 Å². The van der Waals surface area contributed by atoms with Crippen molar-refractivity contribution < 1.29 is 4.74 Å². The maximum Gasteiger partial charge on any atom is 0.133 e. The van der Waals surface area contributed by atoms with Gasteiger partial charge in [0.25, 0.3) is 0 Å². The van der Waals surface area contributed by atoms with E-state index in [0.717, 1.165) is 36.1 Å². The maximum absolute atomic E-state index is 6.32. The summed E-state index contributed by atoms with van der Waals surface area (Å²) in [4.78, 5) is 0. The summed E-state index contributed by atoms with van der Waals surface area (Å²) < 4.78 is 6.64. The SMILES string of the molecule is CCCOc1ccc(C(N)C(CC)CC)cc1Br. The predicted octanol–water partition coefficient (Wildman–Crippen LogP) is 4.67. The average Bonchev–Trinajstić information content (AvgIpc) is 2.38. The number of hydrogen-bond acceptors (Lipinski definition) is 2. The summed E-state index contributed by atoms with van der Waals surface area (Å²) in [6.45, 7) is 7.24. The second kappa shape index (κ2) is 7.80. The Labute approximate surface area is 119 Å². The van der Waals surface area contributed by atoms with Gasteiger partial charge in [0.1, 0.15) is 5.75 Å². The molecule has 18 heavy (non-hydrogen) atoms. The predicted molar refractivity (Wildman–Crippen MR) is 80.9 cm³/mol. The first-order chi connectivity index (χ1) is 8.63. The molecule has 0 heterocycles. The number of halogens is 1. The van der Waals surface area contributed by atoms with Crippen LogP contribution in [0.4, 0.5) is 0 Å². The Hall–Kier alpha value is -0.540. The van der Waals surface area contributed by atoms with Crippen LogP contribution in [-0.4, -0.2) is 6.61 Å². The zero-order valence-electron chi connectivity index (χ0n) is 11.6. The van der Waals surface area contributed by atoms with E-state index in [1.807, 2.05) is 6.07 Å². The number of hydrogen-bond donors (Lipinski definition) is 1. The monoisotopic (exact) mass is 313 g/mol. The molecule has 1 aromatic carbocycles. The third-order valence-corrected chi connectivity index (χ3v) is 3.98. The summed E-state index contributed by atoms with van der Waals surface area (Å²) in [6, 6.07) is 6.29. The summed E-state index contributed by atoms with van der Waals surface area (Å²) in [7, 11) is 0. The average molecular weight is 314 g/mol. The van der Waals surface area contributed by atoms with Crippen LogP contribution in [0.1, 0.15) is 51.6 Å². The van der Waals surface area contributed by atoms with Gasteiger partial charge in [0, 0.05) is 6.04 Å². The lowest BCUT2D eigenvalue weighted by atomic mass is 9.90. The molecular formula is C15H24BrNO. The molecule has 0 saturated heterocycles. The highest BCUT2D eigenvalue weighted by Gasteiger charge is 2.17. The van der Waals surface area contributed by atoms with Crippen molar-refractivity contribution in [3.8, 4) is 5.75 Å². The van der Waals surface area contributed by atoms with E-state index in [1.165, 1.54) is 5.56 Å². The molecular weight excluding hydrogens is 290 g/mol. The molecule has 1 aromatic rings. The fourth-order valence-electron chi connectivity index (χ4n) is 2.12. The van der Waals surface area contributed by atoms with Crippen LogP contribution in [0.5, 0.6) is 5.75 Å². The molecule has 1 atom stereocenters. The molecule has 0 spiro atoms. The second-order valence-corrected chi connectivity index (χ2v) is 5.50. The Kier molecular flexibility index (Phi) is 6.72.